The highest BCUT2D eigenvalue weighted by molar-refractivity contribution is 7.15. The molecule has 7 heteroatoms. The zero-order valence-electron chi connectivity index (χ0n) is 11.6. The van der Waals surface area contributed by atoms with Crippen LogP contribution in [0.3, 0.4) is 0 Å². The second-order valence-corrected chi connectivity index (χ2v) is 6.41. The summed E-state index contributed by atoms with van der Waals surface area (Å²) in [5, 5.41) is 3.29. The first-order valence-corrected chi connectivity index (χ1v) is 7.57. The minimum atomic E-state index is -0.876. The SMILES string of the molecule is Cc1nc(N)sc1CC(=O)NC1(C(N)=O)CCCCC1. The third kappa shape index (κ3) is 3.09. The molecule has 0 aliphatic heterocycles. The van der Waals surface area contributed by atoms with Crippen LogP contribution in [0.4, 0.5) is 5.13 Å². The Labute approximate surface area is 121 Å². The van der Waals surface area contributed by atoms with Gasteiger partial charge in [0.25, 0.3) is 0 Å². The largest absolute Gasteiger partial charge is 0.375 e. The van der Waals surface area contributed by atoms with Crippen LogP contribution in [-0.4, -0.2) is 22.3 Å². The lowest BCUT2D eigenvalue weighted by atomic mass is 9.81. The van der Waals surface area contributed by atoms with Crippen molar-refractivity contribution in [3.8, 4) is 0 Å². The predicted molar refractivity (Wildman–Crippen MR) is 78.1 cm³/mol. The molecule has 1 heterocycles. The highest BCUT2D eigenvalue weighted by Crippen LogP contribution is 2.28. The molecule has 0 spiro atoms. The van der Waals surface area contributed by atoms with Crippen LogP contribution >= 0.6 is 11.3 Å². The number of nitrogens with one attached hydrogen (secondary N) is 1. The third-order valence-electron chi connectivity index (χ3n) is 3.79. The van der Waals surface area contributed by atoms with Gasteiger partial charge in [0.1, 0.15) is 5.54 Å². The van der Waals surface area contributed by atoms with Crippen molar-refractivity contribution in [3.05, 3.63) is 10.6 Å². The Bertz CT molecular complexity index is 520. The number of rotatable bonds is 4. The number of hydrogen-bond donors (Lipinski definition) is 3. The number of anilines is 1. The molecule has 1 aliphatic rings. The van der Waals surface area contributed by atoms with E-state index in [1.54, 1.807) is 0 Å². The second kappa shape index (κ2) is 5.78. The molecule has 0 aromatic carbocycles. The fourth-order valence-corrected chi connectivity index (χ4v) is 3.49. The van der Waals surface area contributed by atoms with Crippen molar-refractivity contribution < 1.29 is 9.59 Å². The summed E-state index contributed by atoms with van der Waals surface area (Å²) in [5.74, 6) is -0.636. The van der Waals surface area contributed by atoms with E-state index in [2.05, 4.69) is 10.3 Å². The average Bonchev–Trinajstić information content (AvgIpc) is 2.68. The number of nitrogens with two attached hydrogens (primary N) is 2. The predicted octanol–water partition coefficient (Wildman–Crippen LogP) is 0.881. The van der Waals surface area contributed by atoms with Crippen LogP contribution in [0.15, 0.2) is 0 Å². The maximum Gasteiger partial charge on any atom is 0.243 e. The lowest BCUT2D eigenvalue weighted by Gasteiger charge is -2.35. The lowest BCUT2D eigenvalue weighted by molar-refractivity contribution is -0.132. The maximum atomic E-state index is 12.2. The minimum Gasteiger partial charge on any atom is -0.375 e. The number of carbonyl (C=O) groups is 2. The summed E-state index contributed by atoms with van der Waals surface area (Å²) in [7, 11) is 0. The molecule has 0 saturated heterocycles. The molecule has 0 radical (unpaired) electrons. The van der Waals surface area contributed by atoms with E-state index in [-0.39, 0.29) is 12.3 Å². The Morgan fingerprint density at radius 1 is 1.35 bits per heavy atom. The van der Waals surface area contributed by atoms with Crippen molar-refractivity contribution in [3.63, 3.8) is 0 Å². The highest BCUT2D eigenvalue weighted by atomic mass is 32.1. The maximum absolute atomic E-state index is 12.2. The van der Waals surface area contributed by atoms with Crippen LogP contribution in [-0.2, 0) is 16.0 Å². The van der Waals surface area contributed by atoms with Crippen LogP contribution in [0.2, 0.25) is 0 Å². The van der Waals surface area contributed by atoms with Crippen molar-refractivity contribution in [2.45, 2.75) is 51.0 Å². The summed E-state index contributed by atoms with van der Waals surface area (Å²) in [6, 6.07) is 0. The summed E-state index contributed by atoms with van der Waals surface area (Å²) < 4.78 is 0. The molecule has 0 atom stereocenters. The van der Waals surface area contributed by atoms with E-state index >= 15 is 0 Å². The van der Waals surface area contributed by atoms with Crippen molar-refractivity contribution in [1.29, 1.82) is 0 Å². The molecule has 2 rings (SSSR count). The molecule has 1 aromatic rings. The van der Waals surface area contributed by atoms with E-state index in [0.717, 1.165) is 29.8 Å². The standard InChI is InChI=1S/C13H20N4O2S/c1-8-9(20-12(15)16-8)7-10(18)17-13(11(14)19)5-3-2-4-6-13/h2-7H2,1H3,(H2,14,19)(H2,15,16)(H,17,18). The molecule has 110 valence electrons. The number of primary amides is 1. The van der Waals surface area contributed by atoms with Gasteiger partial charge in [-0.3, -0.25) is 9.59 Å². The first-order chi connectivity index (χ1) is 9.43. The summed E-state index contributed by atoms with van der Waals surface area (Å²) in [5.41, 5.74) is 11.0. The van der Waals surface area contributed by atoms with Gasteiger partial charge in [-0.15, -0.1) is 11.3 Å². The first-order valence-electron chi connectivity index (χ1n) is 6.76. The Morgan fingerprint density at radius 3 is 2.50 bits per heavy atom. The number of hydrogen-bond acceptors (Lipinski definition) is 5. The minimum absolute atomic E-state index is 0.190. The number of amides is 2. The third-order valence-corrected chi connectivity index (χ3v) is 4.77. The summed E-state index contributed by atoms with van der Waals surface area (Å²) >= 11 is 1.30. The van der Waals surface area contributed by atoms with Crippen LogP contribution < -0.4 is 16.8 Å². The summed E-state index contributed by atoms with van der Waals surface area (Å²) in [4.78, 5) is 28.8. The Balaban J connectivity index is 2.05. The van der Waals surface area contributed by atoms with Crippen LogP contribution in [0, 0.1) is 6.92 Å². The average molecular weight is 296 g/mol. The van der Waals surface area contributed by atoms with Crippen molar-refractivity contribution in [1.82, 2.24) is 10.3 Å². The molecule has 6 nitrogen and oxygen atoms in total. The van der Waals surface area contributed by atoms with Gasteiger partial charge < -0.3 is 16.8 Å². The van der Waals surface area contributed by atoms with Crippen LogP contribution in [0.1, 0.15) is 42.7 Å². The smallest absolute Gasteiger partial charge is 0.243 e. The lowest BCUT2D eigenvalue weighted by Crippen LogP contribution is -2.58. The van der Waals surface area contributed by atoms with E-state index in [4.69, 9.17) is 11.5 Å². The first kappa shape index (κ1) is 14.8. The molecule has 1 aromatic heterocycles. The van der Waals surface area contributed by atoms with Gasteiger partial charge in [0.05, 0.1) is 12.1 Å². The molecule has 1 saturated carbocycles. The molecular formula is C13H20N4O2S. The van der Waals surface area contributed by atoms with Gasteiger partial charge in [-0.1, -0.05) is 19.3 Å². The number of nitrogen functional groups attached to an aromatic ring is 1. The topological polar surface area (TPSA) is 111 Å². The molecule has 20 heavy (non-hydrogen) atoms. The summed E-state index contributed by atoms with van der Waals surface area (Å²) in [6.45, 7) is 1.82. The fraction of sp³-hybridized carbons (Fsp3) is 0.615. The van der Waals surface area contributed by atoms with E-state index in [1.165, 1.54) is 11.3 Å². The van der Waals surface area contributed by atoms with Gasteiger partial charge in [-0.05, 0) is 19.8 Å². The van der Waals surface area contributed by atoms with E-state index in [0.29, 0.717) is 18.0 Å². The number of aromatic nitrogens is 1. The van der Waals surface area contributed by atoms with Gasteiger partial charge >= 0.3 is 0 Å². The molecule has 1 fully saturated rings. The zero-order valence-corrected chi connectivity index (χ0v) is 12.4. The van der Waals surface area contributed by atoms with E-state index in [9.17, 15) is 9.59 Å². The number of nitrogens with zero attached hydrogens (tertiary/aromatic N) is 1. The fourth-order valence-electron chi connectivity index (χ4n) is 2.66. The monoisotopic (exact) mass is 296 g/mol. The van der Waals surface area contributed by atoms with E-state index < -0.39 is 11.4 Å². The number of aryl methyl sites for hydroxylation is 1. The summed E-state index contributed by atoms with van der Waals surface area (Å²) in [6.07, 6.45) is 4.34. The number of thiazole rings is 1. The van der Waals surface area contributed by atoms with Crippen molar-refractivity contribution >= 4 is 28.3 Å². The van der Waals surface area contributed by atoms with Crippen LogP contribution in [0.5, 0.6) is 0 Å². The second-order valence-electron chi connectivity index (χ2n) is 5.29. The van der Waals surface area contributed by atoms with Gasteiger partial charge in [-0.2, -0.15) is 0 Å². The van der Waals surface area contributed by atoms with Crippen molar-refractivity contribution in [2.24, 2.45) is 5.73 Å². The normalized spacial score (nSPS) is 17.6. The van der Waals surface area contributed by atoms with Gasteiger partial charge in [0, 0.05) is 4.88 Å². The van der Waals surface area contributed by atoms with Gasteiger partial charge in [0.15, 0.2) is 5.13 Å². The van der Waals surface area contributed by atoms with Crippen LogP contribution in [0.25, 0.3) is 0 Å². The molecular weight excluding hydrogens is 276 g/mol. The zero-order chi connectivity index (χ0) is 14.8. The van der Waals surface area contributed by atoms with Gasteiger partial charge in [0.2, 0.25) is 11.8 Å². The Kier molecular flexibility index (Phi) is 4.27. The molecule has 1 aliphatic carbocycles. The van der Waals surface area contributed by atoms with Crippen molar-refractivity contribution in [2.75, 3.05) is 5.73 Å². The quantitative estimate of drug-likeness (QED) is 0.765. The molecule has 2 amide bonds. The number of carbonyl (C=O) groups excluding carboxylic acids is 2. The van der Waals surface area contributed by atoms with E-state index in [1.807, 2.05) is 6.92 Å². The molecule has 5 N–H and O–H groups in total. The molecule has 0 unspecified atom stereocenters. The van der Waals surface area contributed by atoms with Gasteiger partial charge in [-0.25, -0.2) is 4.98 Å². The molecule has 0 bridgehead atoms. The Morgan fingerprint density at radius 2 is 2.00 bits per heavy atom. The Hall–Kier alpha value is -1.63. The highest BCUT2D eigenvalue weighted by Gasteiger charge is 2.39.